The van der Waals surface area contributed by atoms with Gasteiger partial charge in [-0.05, 0) is 34.1 Å². The molecule has 10 nitrogen and oxygen atoms in total. The zero-order chi connectivity index (χ0) is 22.4. The van der Waals surface area contributed by atoms with Gasteiger partial charge in [0.25, 0.3) is 5.91 Å². The number of ether oxygens (including phenoxy) is 1. The Morgan fingerprint density at radius 1 is 1.20 bits per heavy atom. The van der Waals surface area contributed by atoms with Crippen molar-refractivity contribution in [1.29, 1.82) is 0 Å². The van der Waals surface area contributed by atoms with Gasteiger partial charge in [0, 0.05) is 6.54 Å². The van der Waals surface area contributed by atoms with Crippen LogP contribution in [-0.2, 0) is 16.1 Å². The molecule has 0 aliphatic heterocycles. The normalized spacial score (nSPS) is 10.8. The second-order valence-corrected chi connectivity index (χ2v) is 7.80. The van der Waals surface area contributed by atoms with Crippen molar-refractivity contribution in [3.8, 4) is 0 Å². The first-order valence-corrected chi connectivity index (χ1v) is 10.7. The predicted molar refractivity (Wildman–Crippen MR) is 113 cm³/mol. The molecule has 0 N–H and O–H groups in total. The summed E-state index contributed by atoms with van der Waals surface area (Å²) in [5.41, 5.74) is 0.998. The van der Waals surface area contributed by atoms with Gasteiger partial charge in [0.05, 0.1) is 17.2 Å². The first-order valence-electron chi connectivity index (χ1n) is 9.84. The Morgan fingerprint density at radius 2 is 1.90 bits per heavy atom. The number of anilines is 1. The molecule has 0 atom stereocenters. The van der Waals surface area contributed by atoms with Crippen LogP contribution in [0.5, 0.6) is 0 Å². The van der Waals surface area contributed by atoms with E-state index in [2.05, 4.69) is 17.0 Å². The Labute approximate surface area is 179 Å². The number of amides is 1. The highest BCUT2D eigenvalue weighted by Crippen LogP contribution is 2.28. The molecule has 2 rings (SSSR count). The van der Waals surface area contributed by atoms with Crippen molar-refractivity contribution in [2.24, 2.45) is 0 Å². The van der Waals surface area contributed by atoms with E-state index in [0.717, 1.165) is 30.6 Å². The van der Waals surface area contributed by atoms with Crippen molar-refractivity contribution in [1.82, 2.24) is 14.8 Å². The third kappa shape index (κ3) is 5.21. The molecule has 0 aliphatic carbocycles. The van der Waals surface area contributed by atoms with Crippen molar-refractivity contribution in [3.63, 3.8) is 0 Å². The van der Waals surface area contributed by atoms with Gasteiger partial charge in [0.2, 0.25) is 0 Å². The van der Waals surface area contributed by atoms with Crippen LogP contribution in [0.3, 0.4) is 0 Å². The number of esters is 1. The van der Waals surface area contributed by atoms with E-state index >= 15 is 0 Å². The average molecular weight is 438 g/mol. The number of carbonyl (C=O) groups excluding carboxylic acids is 2. The van der Waals surface area contributed by atoms with E-state index in [1.54, 1.807) is 27.7 Å². The van der Waals surface area contributed by atoms with Crippen LogP contribution < -0.4 is 4.90 Å². The molecule has 0 spiro atoms. The highest BCUT2D eigenvalue weighted by atomic mass is 32.1. The van der Waals surface area contributed by atoms with E-state index in [1.165, 1.54) is 9.58 Å². The molecule has 0 bridgehead atoms. The minimum Gasteiger partial charge on any atom is -0.462 e. The molecule has 0 fully saturated rings. The van der Waals surface area contributed by atoms with Gasteiger partial charge >= 0.3 is 11.7 Å². The number of aromatic nitrogens is 3. The molecule has 2 heterocycles. The van der Waals surface area contributed by atoms with Crippen LogP contribution in [-0.4, -0.2) is 44.7 Å². The first-order chi connectivity index (χ1) is 14.2. The fourth-order valence-corrected chi connectivity index (χ4v) is 4.05. The standard InChI is InChI=1S/C19H27N5O5S/c1-6-8-9-10-22(19-20-13(4)17(30-19)18(26)29-7-2)15(25)11-23-14(5)16(24(27)28)12(3)21-23/h6-11H2,1-5H3. The Hall–Kier alpha value is -2.82. The topological polar surface area (TPSA) is 120 Å². The molecule has 164 valence electrons. The van der Waals surface area contributed by atoms with E-state index in [0.29, 0.717) is 27.9 Å². The van der Waals surface area contributed by atoms with Gasteiger partial charge in [-0.25, -0.2) is 9.78 Å². The number of nitrogens with zero attached hydrogens (tertiary/aromatic N) is 5. The van der Waals surface area contributed by atoms with E-state index in [1.807, 2.05) is 0 Å². The maximum atomic E-state index is 13.1. The van der Waals surface area contributed by atoms with Gasteiger partial charge in [0.15, 0.2) is 5.13 Å². The van der Waals surface area contributed by atoms with Crippen LogP contribution in [0.4, 0.5) is 10.8 Å². The molecular weight excluding hydrogens is 410 g/mol. The largest absolute Gasteiger partial charge is 0.462 e. The van der Waals surface area contributed by atoms with Crippen molar-refractivity contribution in [3.05, 3.63) is 32.1 Å². The summed E-state index contributed by atoms with van der Waals surface area (Å²) >= 11 is 1.11. The molecule has 0 unspecified atom stereocenters. The molecule has 11 heteroatoms. The molecule has 0 saturated carbocycles. The maximum Gasteiger partial charge on any atom is 0.350 e. The highest BCUT2D eigenvalue weighted by Gasteiger charge is 2.27. The van der Waals surface area contributed by atoms with Crippen LogP contribution in [0.25, 0.3) is 0 Å². The Bertz CT molecular complexity index is 936. The van der Waals surface area contributed by atoms with Crippen LogP contribution in [0.15, 0.2) is 0 Å². The number of thiazole rings is 1. The summed E-state index contributed by atoms with van der Waals surface area (Å²) in [6, 6.07) is 0. The van der Waals surface area contributed by atoms with Gasteiger partial charge in [0.1, 0.15) is 22.8 Å². The zero-order valence-electron chi connectivity index (χ0n) is 17.9. The number of rotatable bonds is 10. The average Bonchev–Trinajstić information content (AvgIpc) is 3.18. The summed E-state index contributed by atoms with van der Waals surface area (Å²) in [5.74, 6) is -0.760. The van der Waals surface area contributed by atoms with E-state index in [-0.39, 0.29) is 30.4 Å². The highest BCUT2D eigenvalue weighted by molar-refractivity contribution is 7.17. The molecule has 0 aromatic carbocycles. The Balaban J connectivity index is 2.32. The number of aryl methyl sites for hydroxylation is 2. The Morgan fingerprint density at radius 3 is 2.47 bits per heavy atom. The lowest BCUT2D eigenvalue weighted by atomic mass is 10.2. The maximum absolute atomic E-state index is 13.1. The van der Waals surface area contributed by atoms with Crippen LogP contribution in [0.2, 0.25) is 0 Å². The Kier molecular flexibility index (Phi) is 8.04. The molecular formula is C19H27N5O5S. The first kappa shape index (κ1) is 23.5. The van der Waals surface area contributed by atoms with Crippen LogP contribution >= 0.6 is 11.3 Å². The monoisotopic (exact) mass is 437 g/mol. The molecule has 0 radical (unpaired) electrons. The predicted octanol–water partition coefficient (Wildman–Crippen LogP) is 3.57. The second-order valence-electron chi connectivity index (χ2n) is 6.82. The third-order valence-electron chi connectivity index (χ3n) is 4.57. The summed E-state index contributed by atoms with van der Waals surface area (Å²) in [5, 5.41) is 15.8. The van der Waals surface area contributed by atoms with Crippen molar-refractivity contribution in [2.45, 2.75) is 60.4 Å². The minimum absolute atomic E-state index is 0.0879. The number of carbonyl (C=O) groups is 2. The summed E-state index contributed by atoms with van der Waals surface area (Å²) in [4.78, 5) is 42.3. The van der Waals surface area contributed by atoms with Gasteiger partial charge < -0.3 is 4.74 Å². The van der Waals surface area contributed by atoms with E-state index in [4.69, 9.17) is 4.74 Å². The lowest BCUT2D eigenvalue weighted by molar-refractivity contribution is -0.386. The summed E-state index contributed by atoms with van der Waals surface area (Å²) in [7, 11) is 0. The number of hydrogen-bond donors (Lipinski definition) is 0. The summed E-state index contributed by atoms with van der Waals surface area (Å²) in [6.07, 6.45) is 2.69. The van der Waals surface area contributed by atoms with Crippen LogP contribution in [0.1, 0.15) is 59.9 Å². The van der Waals surface area contributed by atoms with Crippen molar-refractivity contribution in [2.75, 3.05) is 18.1 Å². The number of nitro groups is 1. The number of unbranched alkanes of at least 4 members (excludes halogenated alkanes) is 2. The summed E-state index contributed by atoms with van der Waals surface area (Å²) < 4.78 is 6.40. The fraction of sp³-hybridized carbons (Fsp3) is 0.579. The van der Waals surface area contributed by atoms with Gasteiger partial charge in [-0.3, -0.25) is 24.5 Å². The molecule has 2 aromatic heterocycles. The minimum atomic E-state index is -0.493. The van der Waals surface area contributed by atoms with E-state index < -0.39 is 10.9 Å². The molecule has 1 amide bonds. The van der Waals surface area contributed by atoms with Gasteiger partial charge in [-0.2, -0.15) is 5.10 Å². The van der Waals surface area contributed by atoms with Gasteiger partial charge in [-0.15, -0.1) is 0 Å². The van der Waals surface area contributed by atoms with E-state index in [9.17, 15) is 19.7 Å². The fourth-order valence-electron chi connectivity index (χ4n) is 3.05. The SMILES string of the molecule is CCCCCN(C(=O)Cn1nc(C)c([N+](=O)[O-])c1C)c1nc(C)c(C(=O)OCC)s1. The molecule has 0 saturated heterocycles. The van der Waals surface area contributed by atoms with Gasteiger partial charge in [-0.1, -0.05) is 31.1 Å². The van der Waals surface area contributed by atoms with Crippen molar-refractivity contribution >= 4 is 34.0 Å². The third-order valence-corrected chi connectivity index (χ3v) is 5.73. The lowest BCUT2D eigenvalue weighted by Gasteiger charge is -2.20. The van der Waals surface area contributed by atoms with Crippen LogP contribution in [0, 0.1) is 30.9 Å². The lowest BCUT2D eigenvalue weighted by Crippen LogP contribution is -2.35. The quantitative estimate of drug-likeness (QED) is 0.241. The van der Waals surface area contributed by atoms with Crippen molar-refractivity contribution < 1.29 is 19.2 Å². The summed E-state index contributed by atoms with van der Waals surface area (Å²) in [6.45, 7) is 9.13. The molecule has 30 heavy (non-hydrogen) atoms. The second kappa shape index (κ2) is 10.3. The molecule has 2 aromatic rings. The molecule has 0 aliphatic rings. The smallest absolute Gasteiger partial charge is 0.350 e. The zero-order valence-corrected chi connectivity index (χ0v) is 18.7. The number of hydrogen-bond acceptors (Lipinski definition) is 8.